The van der Waals surface area contributed by atoms with Crippen LogP contribution in [0.4, 0.5) is 5.69 Å². The third-order valence-electron chi connectivity index (χ3n) is 3.74. The van der Waals surface area contributed by atoms with Crippen molar-refractivity contribution in [3.05, 3.63) is 53.1 Å². The molecule has 0 saturated carbocycles. The normalized spacial score (nSPS) is 11.3. The van der Waals surface area contributed by atoms with Crippen molar-refractivity contribution in [2.75, 3.05) is 5.73 Å². The van der Waals surface area contributed by atoms with Gasteiger partial charge in [-0.2, -0.15) is 0 Å². The molecule has 90 valence electrons. The molecule has 0 heterocycles. The lowest BCUT2D eigenvalue weighted by atomic mass is 9.94. The van der Waals surface area contributed by atoms with Gasteiger partial charge in [0.2, 0.25) is 0 Å². The highest BCUT2D eigenvalue weighted by molar-refractivity contribution is 6.14. The van der Waals surface area contributed by atoms with E-state index in [4.69, 9.17) is 5.73 Å². The molecule has 0 saturated heterocycles. The van der Waals surface area contributed by atoms with Gasteiger partial charge in [0.15, 0.2) is 0 Å². The molecule has 18 heavy (non-hydrogen) atoms. The molecule has 1 heteroatoms. The number of aryl methyl sites for hydroxylation is 3. The van der Waals surface area contributed by atoms with Gasteiger partial charge in [0.1, 0.15) is 0 Å². The minimum atomic E-state index is 0.909. The maximum absolute atomic E-state index is 6.30. The summed E-state index contributed by atoms with van der Waals surface area (Å²) in [6.45, 7) is 6.33. The first-order chi connectivity index (χ1) is 8.58. The first kappa shape index (κ1) is 11.1. The average molecular weight is 235 g/mol. The van der Waals surface area contributed by atoms with E-state index in [1.165, 1.54) is 38.2 Å². The third-order valence-corrected chi connectivity index (χ3v) is 3.74. The van der Waals surface area contributed by atoms with E-state index >= 15 is 0 Å². The summed E-state index contributed by atoms with van der Waals surface area (Å²) in [6.07, 6.45) is 0. The van der Waals surface area contributed by atoms with Crippen molar-refractivity contribution in [3.8, 4) is 0 Å². The predicted molar refractivity (Wildman–Crippen MR) is 80.1 cm³/mol. The molecule has 1 nitrogen and oxygen atoms in total. The van der Waals surface area contributed by atoms with Crippen LogP contribution in [0.15, 0.2) is 36.4 Å². The van der Waals surface area contributed by atoms with Gasteiger partial charge in [-0.1, -0.05) is 41.5 Å². The zero-order chi connectivity index (χ0) is 12.9. The fraction of sp³-hybridized carbons (Fsp3) is 0.176. The van der Waals surface area contributed by atoms with E-state index in [2.05, 4.69) is 57.2 Å². The summed E-state index contributed by atoms with van der Waals surface area (Å²) in [7, 11) is 0. The fourth-order valence-corrected chi connectivity index (χ4v) is 2.67. The zero-order valence-corrected chi connectivity index (χ0v) is 11.0. The molecule has 0 aromatic heterocycles. The number of fused-ring (bicyclic) bond motifs is 3. The van der Waals surface area contributed by atoms with E-state index < -0.39 is 0 Å². The second-order valence-electron chi connectivity index (χ2n) is 5.14. The SMILES string of the molecule is Cc1ccc2c(c1)c(C)c(N)c1cc(C)ccc12. The first-order valence-corrected chi connectivity index (χ1v) is 6.26. The van der Waals surface area contributed by atoms with Crippen molar-refractivity contribution in [1.82, 2.24) is 0 Å². The summed E-state index contributed by atoms with van der Waals surface area (Å²) < 4.78 is 0. The lowest BCUT2D eigenvalue weighted by molar-refractivity contribution is 1.47. The van der Waals surface area contributed by atoms with Gasteiger partial charge >= 0.3 is 0 Å². The zero-order valence-electron chi connectivity index (χ0n) is 11.0. The van der Waals surface area contributed by atoms with Gasteiger partial charge in [-0.3, -0.25) is 0 Å². The molecule has 0 amide bonds. The van der Waals surface area contributed by atoms with Gasteiger partial charge in [-0.15, -0.1) is 0 Å². The van der Waals surface area contributed by atoms with Crippen LogP contribution in [-0.4, -0.2) is 0 Å². The molecule has 3 rings (SSSR count). The summed E-state index contributed by atoms with van der Waals surface area (Å²) in [4.78, 5) is 0. The van der Waals surface area contributed by atoms with Crippen molar-refractivity contribution in [2.24, 2.45) is 0 Å². The van der Waals surface area contributed by atoms with E-state index in [1.807, 2.05) is 0 Å². The second-order valence-corrected chi connectivity index (χ2v) is 5.14. The molecule has 2 N–H and O–H groups in total. The Morgan fingerprint density at radius 3 is 1.78 bits per heavy atom. The van der Waals surface area contributed by atoms with Crippen LogP contribution < -0.4 is 5.73 Å². The van der Waals surface area contributed by atoms with E-state index in [0.29, 0.717) is 0 Å². The van der Waals surface area contributed by atoms with Crippen molar-refractivity contribution in [1.29, 1.82) is 0 Å². The summed E-state index contributed by atoms with van der Waals surface area (Å²) >= 11 is 0. The molecule has 3 aromatic rings. The van der Waals surface area contributed by atoms with Gasteiger partial charge in [-0.25, -0.2) is 0 Å². The Morgan fingerprint density at radius 2 is 1.17 bits per heavy atom. The van der Waals surface area contributed by atoms with Crippen LogP contribution in [-0.2, 0) is 0 Å². The van der Waals surface area contributed by atoms with Crippen LogP contribution in [0.2, 0.25) is 0 Å². The number of nitrogens with two attached hydrogens (primary N) is 1. The standard InChI is InChI=1S/C17H17N/c1-10-4-6-13-14-7-5-11(2)9-16(14)17(18)12(3)15(13)8-10/h4-9H,18H2,1-3H3. The minimum absolute atomic E-state index is 0.909. The number of hydrogen-bond donors (Lipinski definition) is 1. The van der Waals surface area contributed by atoms with E-state index in [-0.39, 0.29) is 0 Å². The maximum atomic E-state index is 6.30. The number of benzene rings is 3. The highest BCUT2D eigenvalue weighted by Crippen LogP contribution is 2.35. The van der Waals surface area contributed by atoms with Gasteiger partial charge in [0, 0.05) is 11.1 Å². The van der Waals surface area contributed by atoms with Gasteiger partial charge < -0.3 is 5.73 Å². The number of nitrogen functional groups attached to an aromatic ring is 1. The van der Waals surface area contributed by atoms with Gasteiger partial charge in [-0.05, 0) is 48.6 Å². The highest BCUT2D eigenvalue weighted by Gasteiger charge is 2.09. The lowest BCUT2D eigenvalue weighted by Crippen LogP contribution is -1.94. The Hall–Kier alpha value is -2.02. The second kappa shape index (κ2) is 3.74. The Bertz CT molecular complexity index is 703. The molecule has 0 radical (unpaired) electrons. The molecule has 0 aliphatic carbocycles. The van der Waals surface area contributed by atoms with Crippen LogP contribution in [0, 0.1) is 20.8 Å². The Kier molecular flexibility index (Phi) is 2.30. The van der Waals surface area contributed by atoms with Crippen LogP contribution in [0.25, 0.3) is 21.5 Å². The molecule has 0 spiro atoms. The Morgan fingerprint density at radius 1 is 0.667 bits per heavy atom. The maximum Gasteiger partial charge on any atom is 0.0430 e. The number of rotatable bonds is 0. The van der Waals surface area contributed by atoms with Crippen LogP contribution in [0.5, 0.6) is 0 Å². The van der Waals surface area contributed by atoms with E-state index in [9.17, 15) is 0 Å². The van der Waals surface area contributed by atoms with Crippen LogP contribution in [0.3, 0.4) is 0 Å². The monoisotopic (exact) mass is 235 g/mol. The fourth-order valence-electron chi connectivity index (χ4n) is 2.67. The molecule has 0 atom stereocenters. The summed E-state index contributed by atoms with van der Waals surface area (Å²) in [6, 6.07) is 13.1. The summed E-state index contributed by atoms with van der Waals surface area (Å²) in [5, 5.41) is 4.98. The molecule has 0 bridgehead atoms. The smallest absolute Gasteiger partial charge is 0.0430 e. The number of hydrogen-bond acceptors (Lipinski definition) is 1. The van der Waals surface area contributed by atoms with Crippen molar-refractivity contribution in [3.63, 3.8) is 0 Å². The molecule has 0 aliphatic heterocycles. The highest BCUT2D eigenvalue weighted by atomic mass is 14.6. The molecule has 0 aliphatic rings. The average Bonchev–Trinajstić information content (AvgIpc) is 2.36. The van der Waals surface area contributed by atoms with Gasteiger partial charge in [0.05, 0.1) is 0 Å². The Labute approximate surface area is 107 Å². The number of anilines is 1. The topological polar surface area (TPSA) is 26.0 Å². The summed E-state index contributed by atoms with van der Waals surface area (Å²) in [5.41, 5.74) is 10.9. The van der Waals surface area contributed by atoms with Crippen molar-refractivity contribution in [2.45, 2.75) is 20.8 Å². The van der Waals surface area contributed by atoms with Crippen LogP contribution in [0.1, 0.15) is 16.7 Å². The quantitative estimate of drug-likeness (QED) is 0.450. The van der Waals surface area contributed by atoms with Crippen LogP contribution >= 0.6 is 0 Å². The molecule has 3 aromatic carbocycles. The minimum Gasteiger partial charge on any atom is -0.398 e. The first-order valence-electron chi connectivity index (χ1n) is 6.26. The van der Waals surface area contributed by atoms with Crippen molar-refractivity contribution >= 4 is 27.2 Å². The molecular weight excluding hydrogens is 218 g/mol. The van der Waals surface area contributed by atoms with Crippen molar-refractivity contribution < 1.29 is 0 Å². The predicted octanol–water partition coefficient (Wildman–Crippen LogP) is 4.50. The largest absolute Gasteiger partial charge is 0.398 e. The van der Waals surface area contributed by atoms with Gasteiger partial charge in [0.25, 0.3) is 0 Å². The summed E-state index contributed by atoms with van der Waals surface area (Å²) in [5.74, 6) is 0. The van der Waals surface area contributed by atoms with E-state index in [1.54, 1.807) is 0 Å². The molecule has 0 unspecified atom stereocenters. The lowest BCUT2D eigenvalue weighted by Gasteiger charge is -2.13. The van der Waals surface area contributed by atoms with E-state index in [0.717, 1.165) is 5.69 Å². The molecule has 0 fully saturated rings. The third kappa shape index (κ3) is 1.47. The Balaban J connectivity index is 2.62. The molecular formula is C17H17N.